The van der Waals surface area contributed by atoms with Crippen LogP contribution >= 0.6 is 0 Å². The van der Waals surface area contributed by atoms with Gasteiger partial charge in [-0.05, 0) is 32.3 Å². The number of fused-ring (bicyclic) bond motifs is 1. The highest BCUT2D eigenvalue weighted by Gasteiger charge is 2.12. The van der Waals surface area contributed by atoms with E-state index in [0.717, 1.165) is 36.1 Å². The summed E-state index contributed by atoms with van der Waals surface area (Å²) in [4.78, 5) is 10.8. The van der Waals surface area contributed by atoms with Gasteiger partial charge in [-0.1, -0.05) is 0 Å². The first-order valence-electron chi connectivity index (χ1n) is 7.59. The van der Waals surface area contributed by atoms with Crippen LogP contribution in [-0.2, 0) is 0 Å². The molecule has 7 heteroatoms. The molecule has 2 heterocycles. The lowest BCUT2D eigenvalue weighted by Gasteiger charge is -2.19. The monoisotopic (exact) mass is 315 g/mol. The number of hydrogen-bond acceptors (Lipinski definition) is 7. The van der Waals surface area contributed by atoms with Gasteiger partial charge in [0.2, 0.25) is 5.95 Å². The maximum absolute atomic E-state index is 5.58. The number of ether oxygens (including phenoxy) is 2. The van der Waals surface area contributed by atoms with Gasteiger partial charge < -0.3 is 25.0 Å². The molecule has 0 unspecified atom stereocenters. The molecule has 1 aromatic heterocycles. The van der Waals surface area contributed by atoms with Crippen LogP contribution in [-0.4, -0.2) is 55.3 Å². The Morgan fingerprint density at radius 1 is 1.13 bits per heavy atom. The topological polar surface area (TPSA) is 71.5 Å². The van der Waals surface area contributed by atoms with Crippen LogP contribution in [0.5, 0.6) is 11.5 Å². The summed E-state index contributed by atoms with van der Waals surface area (Å²) in [5, 5.41) is 6.46. The molecule has 0 fully saturated rings. The van der Waals surface area contributed by atoms with Gasteiger partial charge >= 0.3 is 0 Å². The molecule has 7 nitrogen and oxygen atoms in total. The lowest BCUT2D eigenvalue weighted by Crippen LogP contribution is -2.21. The van der Waals surface area contributed by atoms with Crippen LogP contribution in [0.1, 0.15) is 0 Å². The van der Waals surface area contributed by atoms with Crippen molar-refractivity contribution in [3.05, 3.63) is 30.5 Å². The van der Waals surface area contributed by atoms with Gasteiger partial charge in [0.15, 0.2) is 11.5 Å². The van der Waals surface area contributed by atoms with Gasteiger partial charge in [0.25, 0.3) is 0 Å². The van der Waals surface area contributed by atoms with E-state index < -0.39 is 0 Å². The summed E-state index contributed by atoms with van der Waals surface area (Å²) in [5.41, 5.74) is 0.861. The zero-order chi connectivity index (χ0) is 16.1. The Morgan fingerprint density at radius 2 is 1.96 bits per heavy atom. The second kappa shape index (κ2) is 7.15. The van der Waals surface area contributed by atoms with Gasteiger partial charge in [0.1, 0.15) is 19.0 Å². The van der Waals surface area contributed by atoms with Crippen molar-refractivity contribution in [2.24, 2.45) is 0 Å². The minimum Gasteiger partial charge on any atom is -0.486 e. The van der Waals surface area contributed by atoms with Crippen molar-refractivity contribution in [3.8, 4) is 11.5 Å². The molecule has 3 rings (SSSR count). The van der Waals surface area contributed by atoms with Gasteiger partial charge in [-0.3, -0.25) is 0 Å². The maximum Gasteiger partial charge on any atom is 0.229 e. The molecule has 0 atom stereocenters. The van der Waals surface area contributed by atoms with Crippen LogP contribution in [0.3, 0.4) is 0 Å². The molecule has 2 aromatic rings. The molecule has 0 spiro atoms. The number of aromatic nitrogens is 2. The van der Waals surface area contributed by atoms with E-state index in [2.05, 4.69) is 25.5 Å². The third-order valence-electron chi connectivity index (χ3n) is 3.32. The number of likely N-dealkylation sites (N-methyl/N-ethyl adjacent to an activating group) is 1. The minimum atomic E-state index is 0.538. The lowest BCUT2D eigenvalue weighted by molar-refractivity contribution is 0.171. The quantitative estimate of drug-likeness (QED) is 0.844. The Balaban J connectivity index is 1.65. The molecule has 1 aliphatic heterocycles. The van der Waals surface area contributed by atoms with Crippen LogP contribution in [0.25, 0.3) is 0 Å². The fraction of sp³-hybridized carbons (Fsp3) is 0.375. The molecule has 122 valence electrons. The molecule has 1 aromatic carbocycles. The first-order valence-corrected chi connectivity index (χ1v) is 7.59. The van der Waals surface area contributed by atoms with E-state index in [9.17, 15) is 0 Å². The van der Waals surface area contributed by atoms with E-state index in [0.29, 0.717) is 19.2 Å². The Labute approximate surface area is 135 Å². The highest BCUT2D eigenvalue weighted by atomic mass is 16.6. The Kier molecular flexibility index (Phi) is 4.77. The summed E-state index contributed by atoms with van der Waals surface area (Å²) >= 11 is 0. The molecule has 0 radical (unpaired) electrons. The lowest BCUT2D eigenvalue weighted by atomic mass is 10.2. The standard InChI is InChI=1S/C16H21N5O2/c1-21(2)8-7-17-15-5-6-18-16(20-15)19-12-3-4-13-14(11-12)23-10-9-22-13/h3-6,11H,7-10H2,1-2H3,(H2,17,18,19,20). The maximum atomic E-state index is 5.58. The van der Waals surface area contributed by atoms with Crippen LogP contribution in [0.15, 0.2) is 30.5 Å². The molecule has 0 amide bonds. The summed E-state index contributed by atoms with van der Waals surface area (Å²) < 4.78 is 11.1. The average molecular weight is 315 g/mol. The van der Waals surface area contributed by atoms with Crippen LogP contribution in [0.2, 0.25) is 0 Å². The summed E-state index contributed by atoms with van der Waals surface area (Å²) in [5.74, 6) is 2.83. The first-order chi connectivity index (χ1) is 11.2. The summed E-state index contributed by atoms with van der Waals surface area (Å²) in [6, 6.07) is 7.55. The molecule has 0 saturated carbocycles. The fourth-order valence-corrected chi connectivity index (χ4v) is 2.18. The normalized spacial score (nSPS) is 13.0. The molecule has 0 aliphatic carbocycles. The van der Waals surface area contributed by atoms with Crippen molar-refractivity contribution in [1.82, 2.24) is 14.9 Å². The minimum absolute atomic E-state index is 0.538. The first kappa shape index (κ1) is 15.4. The summed E-state index contributed by atoms with van der Waals surface area (Å²) in [6.07, 6.45) is 1.73. The number of nitrogens with one attached hydrogen (secondary N) is 2. The highest BCUT2D eigenvalue weighted by Crippen LogP contribution is 2.33. The fourth-order valence-electron chi connectivity index (χ4n) is 2.18. The van der Waals surface area contributed by atoms with Crippen molar-refractivity contribution in [1.29, 1.82) is 0 Å². The molecule has 0 bridgehead atoms. The van der Waals surface area contributed by atoms with E-state index in [1.807, 2.05) is 38.4 Å². The van der Waals surface area contributed by atoms with Gasteiger partial charge in [-0.15, -0.1) is 0 Å². The van der Waals surface area contributed by atoms with Crippen LogP contribution < -0.4 is 20.1 Å². The number of hydrogen-bond donors (Lipinski definition) is 2. The van der Waals surface area contributed by atoms with Gasteiger partial charge in [-0.25, -0.2) is 4.98 Å². The zero-order valence-corrected chi connectivity index (χ0v) is 13.4. The number of nitrogens with zero attached hydrogens (tertiary/aromatic N) is 3. The predicted molar refractivity (Wildman–Crippen MR) is 89.8 cm³/mol. The molecular weight excluding hydrogens is 294 g/mol. The second-order valence-corrected chi connectivity index (χ2v) is 5.48. The van der Waals surface area contributed by atoms with Crippen molar-refractivity contribution in [2.75, 3.05) is 51.0 Å². The van der Waals surface area contributed by atoms with E-state index >= 15 is 0 Å². The Hall–Kier alpha value is -2.54. The third kappa shape index (κ3) is 4.23. The van der Waals surface area contributed by atoms with Crippen molar-refractivity contribution >= 4 is 17.5 Å². The summed E-state index contributed by atoms with van der Waals surface area (Å²) in [7, 11) is 4.08. The van der Waals surface area contributed by atoms with Gasteiger partial charge in [0, 0.05) is 31.0 Å². The van der Waals surface area contributed by atoms with Crippen molar-refractivity contribution < 1.29 is 9.47 Å². The van der Waals surface area contributed by atoms with Gasteiger partial charge in [0.05, 0.1) is 0 Å². The average Bonchev–Trinajstić information content (AvgIpc) is 2.55. The largest absolute Gasteiger partial charge is 0.486 e. The number of anilines is 3. The van der Waals surface area contributed by atoms with E-state index in [1.165, 1.54) is 0 Å². The Bertz CT molecular complexity index is 663. The molecule has 23 heavy (non-hydrogen) atoms. The highest BCUT2D eigenvalue weighted by molar-refractivity contribution is 5.60. The molecular formula is C16H21N5O2. The van der Waals surface area contributed by atoms with Crippen molar-refractivity contribution in [2.45, 2.75) is 0 Å². The second-order valence-electron chi connectivity index (χ2n) is 5.48. The molecule has 2 N–H and O–H groups in total. The predicted octanol–water partition coefficient (Wildman–Crippen LogP) is 1.96. The smallest absolute Gasteiger partial charge is 0.229 e. The van der Waals surface area contributed by atoms with E-state index in [4.69, 9.17) is 9.47 Å². The Morgan fingerprint density at radius 3 is 2.78 bits per heavy atom. The summed E-state index contributed by atoms with van der Waals surface area (Å²) in [6.45, 7) is 2.92. The van der Waals surface area contributed by atoms with E-state index in [1.54, 1.807) is 6.20 Å². The third-order valence-corrected chi connectivity index (χ3v) is 3.32. The van der Waals surface area contributed by atoms with E-state index in [-0.39, 0.29) is 0 Å². The molecule has 1 aliphatic rings. The number of rotatable bonds is 6. The van der Waals surface area contributed by atoms with Crippen molar-refractivity contribution in [3.63, 3.8) is 0 Å². The zero-order valence-electron chi connectivity index (χ0n) is 13.4. The SMILES string of the molecule is CN(C)CCNc1ccnc(Nc2ccc3c(c2)OCCO3)n1. The van der Waals surface area contributed by atoms with Crippen LogP contribution in [0.4, 0.5) is 17.5 Å². The molecule has 0 saturated heterocycles. The van der Waals surface area contributed by atoms with Crippen LogP contribution in [0, 0.1) is 0 Å². The van der Waals surface area contributed by atoms with Gasteiger partial charge in [-0.2, -0.15) is 4.98 Å². The number of benzene rings is 1.